The molecule has 0 amide bonds. The zero-order valence-electron chi connectivity index (χ0n) is 6.35. The van der Waals surface area contributed by atoms with Crippen LogP contribution in [0.3, 0.4) is 0 Å². The third-order valence-corrected chi connectivity index (χ3v) is 2.61. The highest BCUT2D eigenvalue weighted by atomic mass is 127. The number of piperidine rings is 1. The van der Waals surface area contributed by atoms with Crippen LogP contribution in [-0.4, -0.2) is 28.9 Å². The predicted molar refractivity (Wildman–Crippen MR) is 50.2 cm³/mol. The van der Waals surface area contributed by atoms with E-state index < -0.39 is 0 Å². The van der Waals surface area contributed by atoms with Crippen LogP contribution in [-0.2, 0) is 4.74 Å². The second-order valence-electron chi connectivity index (χ2n) is 2.59. The normalized spacial score (nSPS) is 28.8. The largest absolute Gasteiger partial charge is 0.377 e. The molecule has 0 spiro atoms. The minimum absolute atomic E-state index is 0.496. The van der Waals surface area contributed by atoms with Gasteiger partial charge in [0.2, 0.25) is 0 Å². The second kappa shape index (κ2) is 4.51. The van der Waals surface area contributed by atoms with Crippen LogP contribution in [0.2, 0.25) is 0 Å². The lowest BCUT2D eigenvalue weighted by atomic mass is 10.1. The summed E-state index contributed by atoms with van der Waals surface area (Å²) in [6.45, 7) is 5.25. The Balaban J connectivity index is 2.18. The summed E-state index contributed by atoms with van der Waals surface area (Å²) in [6.07, 6.45) is 3.02. The number of rotatable bonds is 2. The Bertz CT molecular complexity index is 97.6. The maximum absolute atomic E-state index is 5.51. The maximum atomic E-state index is 5.51. The van der Waals surface area contributed by atoms with E-state index in [1.54, 1.807) is 0 Å². The first-order chi connectivity index (χ1) is 4.83. The van der Waals surface area contributed by atoms with Crippen molar-refractivity contribution in [2.45, 2.75) is 25.9 Å². The van der Waals surface area contributed by atoms with Gasteiger partial charge in [0.1, 0.15) is 0 Å². The average Bonchev–Trinajstić information content (AvgIpc) is 1.88. The Morgan fingerprint density at radius 1 is 1.70 bits per heavy atom. The van der Waals surface area contributed by atoms with Crippen LogP contribution >= 0.6 is 22.9 Å². The number of hydrogen-bond acceptors (Lipinski definition) is 2. The van der Waals surface area contributed by atoms with E-state index in [0.29, 0.717) is 6.10 Å². The van der Waals surface area contributed by atoms with Gasteiger partial charge in [-0.2, -0.15) is 0 Å². The summed E-state index contributed by atoms with van der Waals surface area (Å²) in [5.41, 5.74) is 0. The van der Waals surface area contributed by atoms with Gasteiger partial charge in [-0.1, -0.05) is 0 Å². The Morgan fingerprint density at radius 3 is 3.10 bits per heavy atom. The number of nitrogens with zero attached hydrogens (tertiary/aromatic N) is 1. The molecule has 1 atom stereocenters. The van der Waals surface area contributed by atoms with Crippen LogP contribution in [0.5, 0.6) is 0 Å². The van der Waals surface area contributed by atoms with E-state index in [0.717, 1.165) is 13.2 Å². The summed E-state index contributed by atoms with van der Waals surface area (Å²) in [4.78, 5) is 0. The topological polar surface area (TPSA) is 12.5 Å². The minimum atomic E-state index is 0.496. The van der Waals surface area contributed by atoms with Gasteiger partial charge in [0.05, 0.1) is 6.10 Å². The quantitative estimate of drug-likeness (QED) is 0.551. The average molecular weight is 255 g/mol. The van der Waals surface area contributed by atoms with Crippen molar-refractivity contribution in [1.82, 2.24) is 3.11 Å². The van der Waals surface area contributed by atoms with Crippen LogP contribution in [0.15, 0.2) is 0 Å². The van der Waals surface area contributed by atoms with Crippen molar-refractivity contribution in [3.05, 3.63) is 0 Å². The second-order valence-corrected chi connectivity index (χ2v) is 3.95. The standard InChI is InChI=1S/C7H14INO/c1-2-10-7-4-3-5-9(8)6-7/h7H,2-6H2,1H3. The summed E-state index contributed by atoms with van der Waals surface area (Å²) in [5.74, 6) is 0. The maximum Gasteiger partial charge on any atom is 0.0710 e. The molecule has 0 radical (unpaired) electrons. The third-order valence-electron chi connectivity index (χ3n) is 1.73. The predicted octanol–water partition coefficient (Wildman–Crippen LogP) is 1.84. The first-order valence-electron chi connectivity index (χ1n) is 3.85. The molecule has 0 aliphatic carbocycles. The molecular formula is C7H14INO. The molecule has 0 saturated carbocycles. The molecule has 1 aliphatic heterocycles. The van der Waals surface area contributed by atoms with Gasteiger partial charge in [-0.15, -0.1) is 0 Å². The molecule has 3 heteroatoms. The zero-order valence-corrected chi connectivity index (χ0v) is 8.50. The highest BCUT2D eigenvalue weighted by Gasteiger charge is 2.17. The van der Waals surface area contributed by atoms with E-state index in [-0.39, 0.29) is 0 Å². The molecule has 1 rings (SSSR count). The molecule has 0 bridgehead atoms. The molecule has 1 aliphatic rings. The van der Waals surface area contributed by atoms with Crippen molar-refractivity contribution in [3.63, 3.8) is 0 Å². The fourth-order valence-corrected chi connectivity index (χ4v) is 2.05. The third kappa shape index (κ3) is 2.72. The van der Waals surface area contributed by atoms with Gasteiger partial charge < -0.3 is 4.74 Å². The minimum Gasteiger partial charge on any atom is -0.377 e. The Kier molecular flexibility index (Phi) is 3.95. The lowest BCUT2D eigenvalue weighted by molar-refractivity contribution is 0.0322. The van der Waals surface area contributed by atoms with Crippen LogP contribution in [0, 0.1) is 0 Å². The molecule has 0 aromatic heterocycles. The van der Waals surface area contributed by atoms with Crippen molar-refractivity contribution in [3.8, 4) is 0 Å². The lowest BCUT2D eigenvalue weighted by Gasteiger charge is -2.27. The van der Waals surface area contributed by atoms with E-state index in [4.69, 9.17) is 4.74 Å². The Hall–Kier alpha value is 0.650. The van der Waals surface area contributed by atoms with E-state index in [2.05, 4.69) is 32.9 Å². The molecule has 1 fully saturated rings. The molecular weight excluding hydrogens is 241 g/mol. The van der Waals surface area contributed by atoms with E-state index >= 15 is 0 Å². The van der Waals surface area contributed by atoms with Crippen molar-refractivity contribution >= 4 is 22.9 Å². The lowest BCUT2D eigenvalue weighted by Crippen LogP contribution is -2.33. The molecule has 60 valence electrons. The van der Waals surface area contributed by atoms with Crippen molar-refractivity contribution < 1.29 is 4.74 Å². The van der Waals surface area contributed by atoms with Gasteiger partial charge in [-0.3, -0.25) is 0 Å². The Morgan fingerprint density at radius 2 is 2.50 bits per heavy atom. The van der Waals surface area contributed by atoms with Crippen LogP contribution < -0.4 is 0 Å². The van der Waals surface area contributed by atoms with Gasteiger partial charge in [0.15, 0.2) is 0 Å². The summed E-state index contributed by atoms with van der Waals surface area (Å²) >= 11 is 2.36. The van der Waals surface area contributed by atoms with E-state index in [1.165, 1.54) is 19.4 Å². The van der Waals surface area contributed by atoms with Gasteiger partial charge in [0, 0.05) is 42.6 Å². The van der Waals surface area contributed by atoms with Gasteiger partial charge in [-0.05, 0) is 19.8 Å². The smallest absolute Gasteiger partial charge is 0.0710 e. The highest BCUT2D eigenvalue weighted by Crippen LogP contribution is 2.15. The number of halogens is 1. The zero-order chi connectivity index (χ0) is 7.40. The van der Waals surface area contributed by atoms with Crippen molar-refractivity contribution in [1.29, 1.82) is 0 Å². The van der Waals surface area contributed by atoms with E-state index in [9.17, 15) is 0 Å². The van der Waals surface area contributed by atoms with Crippen molar-refractivity contribution in [2.24, 2.45) is 0 Å². The first-order valence-corrected chi connectivity index (χ1v) is 4.81. The summed E-state index contributed by atoms with van der Waals surface area (Å²) < 4.78 is 7.81. The van der Waals surface area contributed by atoms with Crippen molar-refractivity contribution in [2.75, 3.05) is 19.7 Å². The molecule has 0 aromatic rings. The van der Waals surface area contributed by atoms with Crippen LogP contribution in [0.25, 0.3) is 0 Å². The van der Waals surface area contributed by atoms with Gasteiger partial charge in [0.25, 0.3) is 0 Å². The molecule has 1 saturated heterocycles. The number of ether oxygens (including phenoxy) is 1. The fraction of sp³-hybridized carbons (Fsp3) is 1.00. The molecule has 2 nitrogen and oxygen atoms in total. The molecule has 1 heterocycles. The SMILES string of the molecule is CCOC1CCCN(I)C1. The number of hydrogen-bond donors (Lipinski definition) is 0. The van der Waals surface area contributed by atoms with Gasteiger partial charge >= 0.3 is 0 Å². The van der Waals surface area contributed by atoms with Gasteiger partial charge in [-0.25, -0.2) is 3.11 Å². The molecule has 1 unspecified atom stereocenters. The molecule has 0 aromatic carbocycles. The van der Waals surface area contributed by atoms with Crippen LogP contribution in [0.1, 0.15) is 19.8 Å². The summed E-state index contributed by atoms with van der Waals surface area (Å²) in [7, 11) is 0. The fourth-order valence-electron chi connectivity index (χ4n) is 1.27. The van der Waals surface area contributed by atoms with Crippen LogP contribution in [0.4, 0.5) is 0 Å². The summed E-state index contributed by atoms with van der Waals surface area (Å²) in [5, 5.41) is 0. The molecule has 0 N–H and O–H groups in total. The Labute approximate surface area is 76.4 Å². The summed E-state index contributed by atoms with van der Waals surface area (Å²) in [6, 6.07) is 0. The highest BCUT2D eigenvalue weighted by molar-refractivity contribution is 14.1. The molecule has 10 heavy (non-hydrogen) atoms. The van der Waals surface area contributed by atoms with E-state index in [1.807, 2.05) is 0 Å². The first kappa shape index (κ1) is 8.74. The monoisotopic (exact) mass is 255 g/mol.